The number of methoxy groups -OCH3 is 2. The number of aryl methyl sites for hydroxylation is 1. The maximum Gasteiger partial charge on any atom is 0.205 e. The van der Waals surface area contributed by atoms with Crippen LogP contribution in [0.5, 0.6) is 17.2 Å². The molecule has 1 aromatic heterocycles. The number of rotatable bonds is 5. The van der Waals surface area contributed by atoms with E-state index >= 15 is 0 Å². The number of nitrogens with one attached hydrogen (secondary N) is 1. The molecule has 3 aromatic rings. The van der Waals surface area contributed by atoms with Gasteiger partial charge in [0, 0.05) is 5.69 Å². The zero-order chi connectivity index (χ0) is 19.7. The fourth-order valence-electron chi connectivity index (χ4n) is 3.36. The van der Waals surface area contributed by atoms with Crippen LogP contribution in [0.3, 0.4) is 0 Å². The van der Waals surface area contributed by atoms with E-state index in [2.05, 4.69) is 5.32 Å². The lowest BCUT2D eigenvalue weighted by Gasteiger charge is -2.25. The number of Topliss-reactive ketones (excluding diaryl/α,β-unsaturated/α-hetero) is 1. The van der Waals surface area contributed by atoms with Crippen LogP contribution in [-0.4, -0.2) is 26.6 Å². The summed E-state index contributed by atoms with van der Waals surface area (Å²) in [6, 6.07) is 9.77. The number of carbonyl (C=O) groups is 1. The average Bonchev–Trinajstić information content (AvgIpc) is 3.19. The summed E-state index contributed by atoms with van der Waals surface area (Å²) in [6.45, 7) is 2.25. The highest BCUT2D eigenvalue weighted by Gasteiger charge is 2.36. The second-order valence-corrected chi connectivity index (χ2v) is 6.59. The van der Waals surface area contributed by atoms with Gasteiger partial charge < -0.3 is 23.9 Å². The highest BCUT2D eigenvalue weighted by molar-refractivity contribution is 6.11. The van der Waals surface area contributed by atoms with Crippen LogP contribution in [0.1, 0.15) is 15.9 Å². The van der Waals surface area contributed by atoms with Crippen LogP contribution in [0.25, 0.3) is 11.0 Å². The van der Waals surface area contributed by atoms with Crippen molar-refractivity contribution in [3.8, 4) is 17.2 Å². The number of ketones is 1. The lowest BCUT2D eigenvalue weighted by Crippen LogP contribution is -2.27. The SMILES string of the molecule is COc1c2c(c(OC)c3occc13)OCC(/C=C/Nc1ccc(C)cc1)C2=O. The maximum atomic E-state index is 13.2. The van der Waals surface area contributed by atoms with Gasteiger partial charge in [0.2, 0.25) is 5.75 Å². The first-order valence-corrected chi connectivity index (χ1v) is 8.96. The Hall–Kier alpha value is -3.41. The predicted octanol–water partition coefficient (Wildman–Crippen LogP) is 4.58. The van der Waals surface area contributed by atoms with Gasteiger partial charge in [-0.1, -0.05) is 23.8 Å². The van der Waals surface area contributed by atoms with Crippen molar-refractivity contribution >= 4 is 22.4 Å². The lowest BCUT2D eigenvalue weighted by atomic mass is 9.92. The van der Waals surface area contributed by atoms with Crippen LogP contribution in [-0.2, 0) is 0 Å². The molecule has 1 aliphatic rings. The maximum absolute atomic E-state index is 13.2. The normalized spacial score (nSPS) is 16.1. The summed E-state index contributed by atoms with van der Waals surface area (Å²) < 4.78 is 22.4. The Labute approximate surface area is 162 Å². The molecule has 2 aromatic carbocycles. The zero-order valence-electron chi connectivity index (χ0n) is 15.9. The van der Waals surface area contributed by atoms with E-state index < -0.39 is 5.92 Å². The fraction of sp³-hybridized carbons (Fsp3) is 0.227. The first kappa shape index (κ1) is 18.0. The molecule has 28 heavy (non-hydrogen) atoms. The summed E-state index contributed by atoms with van der Waals surface area (Å²) in [5, 5.41) is 3.86. The van der Waals surface area contributed by atoms with Gasteiger partial charge in [0.15, 0.2) is 17.1 Å². The highest BCUT2D eigenvalue weighted by Crippen LogP contribution is 2.48. The molecule has 0 aliphatic carbocycles. The topological polar surface area (TPSA) is 69.9 Å². The summed E-state index contributed by atoms with van der Waals surface area (Å²) in [4.78, 5) is 13.2. The summed E-state index contributed by atoms with van der Waals surface area (Å²) >= 11 is 0. The van der Waals surface area contributed by atoms with Gasteiger partial charge in [-0.25, -0.2) is 0 Å². The lowest BCUT2D eigenvalue weighted by molar-refractivity contribution is 0.0865. The van der Waals surface area contributed by atoms with Crippen molar-refractivity contribution in [1.82, 2.24) is 0 Å². The minimum Gasteiger partial charge on any atom is -0.495 e. The molecular formula is C22H21NO5. The molecule has 0 saturated heterocycles. The van der Waals surface area contributed by atoms with E-state index in [0.717, 1.165) is 5.69 Å². The summed E-state index contributed by atoms with van der Waals surface area (Å²) in [7, 11) is 3.05. The number of ether oxygens (including phenoxy) is 3. The smallest absolute Gasteiger partial charge is 0.205 e. The molecule has 2 heterocycles. The van der Waals surface area contributed by atoms with E-state index in [1.165, 1.54) is 26.0 Å². The third-order valence-electron chi connectivity index (χ3n) is 4.81. The van der Waals surface area contributed by atoms with Crippen LogP contribution in [0.2, 0.25) is 0 Å². The minimum absolute atomic E-state index is 0.0820. The molecule has 1 atom stereocenters. The molecule has 6 nitrogen and oxygen atoms in total. The number of fused-ring (bicyclic) bond motifs is 2. The number of furan rings is 1. The van der Waals surface area contributed by atoms with E-state index in [1.807, 2.05) is 31.2 Å². The van der Waals surface area contributed by atoms with Crippen LogP contribution in [0.4, 0.5) is 5.69 Å². The summed E-state index contributed by atoms with van der Waals surface area (Å²) in [5.74, 6) is 0.691. The minimum atomic E-state index is -0.437. The van der Waals surface area contributed by atoms with Crippen LogP contribution in [0, 0.1) is 12.8 Å². The predicted molar refractivity (Wildman–Crippen MR) is 107 cm³/mol. The van der Waals surface area contributed by atoms with Gasteiger partial charge in [-0.15, -0.1) is 0 Å². The van der Waals surface area contributed by atoms with Crippen molar-refractivity contribution in [3.05, 3.63) is 60.0 Å². The molecular weight excluding hydrogens is 358 g/mol. The molecule has 1 N–H and O–H groups in total. The van der Waals surface area contributed by atoms with Gasteiger partial charge in [0.05, 0.1) is 31.8 Å². The Kier molecular flexibility index (Phi) is 4.69. The van der Waals surface area contributed by atoms with Gasteiger partial charge in [0.1, 0.15) is 17.9 Å². The molecule has 1 aliphatic heterocycles. The van der Waals surface area contributed by atoms with Crippen molar-refractivity contribution < 1.29 is 23.4 Å². The number of hydrogen-bond donors (Lipinski definition) is 1. The second-order valence-electron chi connectivity index (χ2n) is 6.59. The number of anilines is 1. The van der Waals surface area contributed by atoms with Crippen LogP contribution < -0.4 is 19.5 Å². The van der Waals surface area contributed by atoms with E-state index in [9.17, 15) is 4.79 Å². The van der Waals surface area contributed by atoms with Crippen molar-refractivity contribution in [2.24, 2.45) is 5.92 Å². The molecule has 0 spiro atoms. The van der Waals surface area contributed by atoms with Gasteiger partial charge in [-0.05, 0) is 31.3 Å². The molecule has 0 fully saturated rings. The van der Waals surface area contributed by atoms with E-state index in [0.29, 0.717) is 33.8 Å². The highest BCUT2D eigenvalue weighted by atomic mass is 16.5. The summed E-state index contributed by atoms with van der Waals surface area (Å²) in [5.41, 5.74) is 3.02. The molecule has 1 unspecified atom stereocenters. The Morgan fingerprint density at radius 1 is 1.11 bits per heavy atom. The van der Waals surface area contributed by atoms with E-state index in [-0.39, 0.29) is 12.4 Å². The Morgan fingerprint density at radius 3 is 2.57 bits per heavy atom. The third kappa shape index (κ3) is 2.97. The summed E-state index contributed by atoms with van der Waals surface area (Å²) in [6.07, 6.45) is 5.10. The molecule has 0 amide bonds. The molecule has 0 radical (unpaired) electrons. The second kappa shape index (κ2) is 7.31. The van der Waals surface area contributed by atoms with E-state index in [4.69, 9.17) is 18.6 Å². The van der Waals surface area contributed by atoms with Gasteiger partial charge in [-0.2, -0.15) is 0 Å². The van der Waals surface area contributed by atoms with E-state index in [1.54, 1.807) is 18.3 Å². The molecule has 0 bridgehead atoms. The largest absolute Gasteiger partial charge is 0.495 e. The fourth-order valence-corrected chi connectivity index (χ4v) is 3.36. The van der Waals surface area contributed by atoms with Crippen LogP contribution >= 0.6 is 0 Å². The number of benzene rings is 2. The van der Waals surface area contributed by atoms with Gasteiger partial charge >= 0.3 is 0 Å². The first-order chi connectivity index (χ1) is 13.6. The zero-order valence-corrected chi connectivity index (χ0v) is 15.9. The van der Waals surface area contributed by atoms with Gasteiger partial charge in [0.25, 0.3) is 0 Å². The Morgan fingerprint density at radius 2 is 1.86 bits per heavy atom. The Bertz CT molecular complexity index is 1050. The molecule has 6 heteroatoms. The Balaban J connectivity index is 1.66. The van der Waals surface area contributed by atoms with Crippen molar-refractivity contribution in [3.63, 3.8) is 0 Å². The van der Waals surface area contributed by atoms with Crippen LogP contribution in [0.15, 0.2) is 53.3 Å². The van der Waals surface area contributed by atoms with Crippen molar-refractivity contribution in [2.75, 3.05) is 26.1 Å². The number of carbonyl (C=O) groups excluding carboxylic acids is 1. The standard InChI is InChI=1S/C22H21NO5/c1-13-4-6-15(7-5-13)23-10-8-14-12-28-21-17(18(14)24)19(25-2)16-9-11-27-20(16)22(21)26-3/h4-11,14,23H,12H2,1-3H3/b10-8+. The average molecular weight is 379 g/mol. The molecule has 0 saturated carbocycles. The molecule has 4 rings (SSSR count). The van der Waals surface area contributed by atoms with Crippen molar-refractivity contribution in [2.45, 2.75) is 6.92 Å². The third-order valence-corrected chi connectivity index (χ3v) is 4.81. The molecule has 144 valence electrons. The van der Waals surface area contributed by atoms with Gasteiger partial charge in [-0.3, -0.25) is 4.79 Å². The first-order valence-electron chi connectivity index (χ1n) is 8.96. The quantitative estimate of drug-likeness (QED) is 0.700. The number of hydrogen-bond acceptors (Lipinski definition) is 6. The monoisotopic (exact) mass is 379 g/mol. The van der Waals surface area contributed by atoms with Crippen molar-refractivity contribution in [1.29, 1.82) is 0 Å².